The number of nitrogens with zero attached hydrogens (tertiary/aromatic N) is 2. The summed E-state index contributed by atoms with van der Waals surface area (Å²) in [5, 5.41) is 11.4. The number of hydrogen-bond donors (Lipinski definition) is 1. The van der Waals surface area contributed by atoms with E-state index in [2.05, 4.69) is 5.32 Å². The Balaban J connectivity index is 4.17. The zero-order valence-electron chi connectivity index (χ0n) is 15.8. The second-order valence-corrected chi connectivity index (χ2v) is 7.51. The molecule has 7 heteroatoms. The molecule has 0 rings (SSSR count). The van der Waals surface area contributed by atoms with Gasteiger partial charge in [0.05, 0.1) is 12.5 Å². The third-order valence-corrected chi connectivity index (χ3v) is 2.67. The number of rotatable bonds is 7. The van der Waals surface area contributed by atoms with Gasteiger partial charge in [0.25, 0.3) is 0 Å². The third-order valence-electron chi connectivity index (χ3n) is 2.67. The summed E-state index contributed by atoms with van der Waals surface area (Å²) < 4.78 is 10.5. The Morgan fingerprint density at radius 1 is 1.00 bits per heavy atom. The molecule has 0 radical (unpaired) electrons. The second kappa shape index (κ2) is 10.0. The van der Waals surface area contributed by atoms with Crippen molar-refractivity contribution in [2.75, 3.05) is 19.6 Å². The molecular formula is C17H31N3O4. The van der Waals surface area contributed by atoms with Crippen LogP contribution in [0, 0.1) is 11.3 Å². The van der Waals surface area contributed by atoms with E-state index in [0.717, 1.165) is 0 Å². The molecule has 138 valence electrons. The number of nitrogens with one attached hydrogen (secondary N) is 1. The minimum Gasteiger partial charge on any atom is -0.444 e. The van der Waals surface area contributed by atoms with E-state index in [0.29, 0.717) is 32.5 Å². The summed E-state index contributed by atoms with van der Waals surface area (Å²) in [6, 6.07) is 2.03. The Hall–Kier alpha value is -1.97. The van der Waals surface area contributed by atoms with Gasteiger partial charge in [-0.3, -0.25) is 0 Å². The van der Waals surface area contributed by atoms with Gasteiger partial charge in [0.15, 0.2) is 0 Å². The van der Waals surface area contributed by atoms with E-state index in [-0.39, 0.29) is 6.42 Å². The first-order chi connectivity index (χ1) is 10.9. The summed E-state index contributed by atoms with van der Waals surface area (Å²) in [4.78, 5) is 25.1. The minimum absolute atomic E-state index is 0.259. The van der Waals surface area contributed by atoms with Gasteiger partial charge in [-0.25, -0.2) is 9.59 Å². The third kappa shape index (κ3) is 12.6. The highest BCUT2D eigenvalue weighted by Crippen LogP contribution is 2.11. The number of alkyl carbamates (subject to hydrolysis) is 1. The molecule has 0 spiro atoms. The Labute approximate surface area is 145 Å². The molecule has 0 saturated carbocycles. The maximum Gasteiger partial charge on any atom is 0.410 e. The summed E-state index contributed by atoms with van der Waals surface area (Å²) >= 11 is 0. The highest BCUT2D eigenvalue weighted by atomic mass is 16.6. The normalized spacial score (nSPS) is 11.4. The van der Waals surface area contributed by atoms with E-state index in [1.165, 1.54) is 4.90 Å². The zero-order chi connectivity index (χ0) is 18.8. The Morgan fingerprint density at radius 3 is 2.08 bits per heavy atom. The summed E-state index contributed by atoms with van der Waals surface area (Å²) in [5.74, 6) is 0. The Morgan fingerprint density at radius 2 is 1.58 bits per heavy atom. The quantitative estimate of drug-likeness (QED) is 0.716. The lowest BCUT2D eigenvalue weighted by atomic mass is 10.2. The smallest absolute Gasteiger partial charge is 0.410 e. The van der Waals surface area contributed by atoms with Crippen molar-refractivity contribution < 1.29 is 19.1 Å². The predicted molar refractivity (Wildman–Crippen MR) is 91.5 cm³/mol. The first-order valence-electron chi connectivity index (χ1n) is 8.26. The van der Waals surface area contributed by atoms with Crippen LogP contribution in [0.2, 0.25) is 0 Å². The van der Waals surface area contributed by atoms with Crippen molar-refractivity contribution in [1.82, 2.24) is 10.2 Å². The van der Waals surface area contributed by atoms with Crippen molar-refractivity contribution in [3.63, 3.8) is 0 Å². The number of carbonyl (C=O) groups is 2. The van der Waals surface area contributed by atoms with E-state index in [1.807, 2.05) is 6.07 Å². The number of carbonyl (C=O) groups excluding carboxylic acids is 2. The molecule has 0 atom stereocenters. The predicted octanol–water partition coefficient (Wildman–Crippen LogP) is 3.44. The van der Waals surface area contributed by atoms with Crippen molar-refractivity contribution in [3.05, 3.63) is 0 Å². The summed E-state index contributed by atoms with van der Waals surface area (Å²) in [5.41, 5.74) is -1.09. The van der Waals surface area contributed by atoms with E-state index < -0.39 is 23.4 Å². The van der Waals surface area contributed by atoms with Gasteiger partial charge in [0.2, 0.25) is 0 Å². The summed E-state index contributed by atoms with van der Waals surface area (Å²) in [6.07, 6.45) is 0.787. The van der Waals surface area contributed by atoms with Crippen LogP contribution in [0.15, 0.2) is 0 Å². The SMILES string of the molecule is CC(C)(C)OC(=O)NCCCCN(CCC#N)C(=O)OC(C)(C)C. The van der Waals surface area contributed by atoms with Gasteiger partial charge >= 0.3 is 12.2 Å². The van der Waals surface area contributed by atoms with Crippen LogP contribution in [0.25, 0.3) is 0 Å². The summed E-state index contributed by atoms with van der Waals surface area (Å²) in [7, 11) is 0. The fraction of sp³-hybridized carbons (Fsp3) is 0.824. The molecule has 0 aliphatic rings. The number of unbranched alkanes of at least 4 members (excludes halogenated alkanes) is 1. The molecule has 0 aromatic carbocycles. The molecule has 1 N–H and O–H groups in total. The van der Waals surface area contributed by atoms with Crippen molar-refractivity contribution >= 4 is 12.2 Å². The van der Waals surface area contributed by atoms with Crippen LogP contribution >= 0.6 is 0 Å². The number of hydrogen-bond acceptors (Lipinski definition) is 5. The maximum atomic E-state index is 12.1. The van der Waals surface area contributed by atoms with Gasteiger partial charge in [-0.15, -0.1) is 0 Å². The molecule has 0 unspecified atom stereocenters. The lowest BCUT2D eigenvalue weighted by Gasteiger charge is -2.27. The number of ether oxygens (including phenoxy) is 2. The van der Waals surface area contributed by atoms with Crippen molar-refractivity contribution in [1.29, 1.82) is 5.26 Å². The molecule has 0 aromatic rings. The molecule has 0 bridgehead atoms. The van der Waals surface area contributed by atoms with Crippen molar-refractivity contribution in [2.24, 2.45) is 0 Å². The number of amides is 2. The molecule has 7 nitrogen and oxygen atoms in total. The van der Waals surface area contributed by atoms with Crippen LogP contribution in [-0.2, 0) is 9.47 Å². The van der Waals surface area contributed by atoms with Crippen LogP contribution in [-0.4, -0.2) is 47.9 Å². The van der Waals surface area contributed by atoms with Crippen LogP contribution in [0.4, 0.5) is 9.59 Å². The van der Waals surface area contributed by atoms with Crippen molar-refractivity contribution in [3.8, 4) is 6.07 Å². The largest absolute Gasteiger partial charge is 0.444 e. The fourth-order valence-electron chi connectivity index (χ4n) is 1.74. The standard InChI is InChI=1S/C17H31N3O4/c1-16(2,3)23-14(21)19-11-7-8-12-20(13-9-10-18)15(22)24-17(4,5)6/h7-9,11-13H2,1-6H3,(H,19,21). The first kappa shape index (κ1) is 22.0. The van der Waals surface area contributed by atoms with Gasteiger partial charge < -0.3 is 19.7 Å². The zero-order valence-corrected chi connectivity index (χ0v) is 15.8. The van der Waals surface area contributed by atoms with Gasteiger partial charge in [-0.05, 0) is 54.4 Å². The minimum atomic E-state index is -0.569. The highest BCUT2D eigenvalue weighted by Gasteiger charge is 2.21. The molecule has 2 amide bonds. The monoisotopic (exact) mass is 341 g/mol. The average Bonchev–Trinajstić information content (AvgIpc) is 2.37. The van der Waals surface area contributed by atoms with Crippen LogP contribution in [0.5, 0.6) is 0 Å². The van der Waals surface area contributed by atoms with E-state index in [9.17, 15) is 9.59 Å². The lowest BCUT2D eigenvalue weighted by Crippen LogP contribution is -2.38. The maximum absolute atomic E-state index is 12.1. The van der Waals surface area contributed by atoms with Gasteiger partial charge in [0.1, 0.15) is 11.2 Å². The summed E-state index contributed by atoms with van der Waals surface area (Å²) in [6.45, 7) is 12.1. The van der Waals surface area contributed by atoms with E-state index >= 15 is 0 Å². The lowest BCUT2D eigenvalue weighted by molar-refractivity contribution is 0.0249. The van der Waals surface area contributed by atoms with Crippen LogP contribution in [0.1, 0.15) is 60.8 Å². The Kier molecular flexibility index (Phi) is 9.19. The van der Waals surface area contributed by atoms with E-state index in [1.54, 1.807) is 41.5 Å². The topological polar surface area (TPSA) is 91.7 Å². The molecule has 0 aliphatic heterocycles. The van der Waals surface area contributed by atoms with Crippen molar-refractivity contribution in [2.45, 2.75) is 72.0 Å². The van der Waals surface area contributed by atoms with E-state index in [4.69, 9.17) is 14.7 Å². The van der Waals surface area contributed by atoms with Crippen LogP contribution < -0.4 is 5.32 Å². The van der Waals surface area contributed by atoms with Gasteiger partial charge in [-0.2, -0.15) is 5.26 Å². The molecule has 24 heavy (non-hydrogen) atoms. The molecule has 0 aliphatic carbocycles. The van der Waals surface area contributed by atoms with Gasteiger partial charge in [0, 0.05) is 19.6 Å². The molecular weight excluding hydrogens is 310 g/mol. The number of nitriles is 1. The second-order valence-electron chi connectivity index (χ2n) is 7.51. The molecule has 0 heterocycles. The highest BCUT2D eigenvalue weighted by molar-refractivity contribution is 5.68. The average molecular weight is 341 g/mol. The molecule has 0 saturated heterocycles. The van der Waals surface area contributed by atoms with Gasteiger partial charge in [-0.1, -0.05) is 0 Å². The van der Waals surface area contributed by atoms with Crippen LogP contribution in [0.3, 0.4) is 0 Å². The first-order valence-corrected chi connectivity index (χ1v) is 8.26. The fourth-order valence-corrected chi connectivity index (χ4v) is 1.74. The molecule has 0 aromatic heterocycles. The Bertz CT molecular complexity index is 444. The molecule has 0 fully saturated rings.